The van der Waals surface area contributed by atoms with E-state index in [4.69, 9.17) is 14.2 Å². The third-order valence-electron chi connectivity index (χ3n) is 5.37. The molecule has 0 amide bonds. The van der Waals surface area contributed by atoms with E-state index in [1.807, 2.05) is 42.5 Å². The minimum atomic E-state index is -4.10. The Bertz CT molecular complexity index is 1380. The molecule has 1 atom stereocenters. The fourth-order valence-corrected chi connectivity index (χ4v) is 5.07. The number of sulfonamides is 1. The van der Waals surface area contributed by atoms with Gasteiger partial charge in [0.1, 0.15) is 34.2 Å². The first-order valence-corrected chi connectivity index (χ1v) is 12.8. The molecule has 0 radical (unpaired) electrons. The molecule has 4 aromatic rings. The Labute approximate surface area is 209 Å². The van der Waals surface area contributed by atoms with Crippen molar-refractivity contribution in [3.63, 3.8) is 0 Å². The van der Waals surface area contributed by atoms with Crippen LogP contribution in [-0.4, -0.2) is 48.9 Å². The van der Waals surface area contributed by atoms with Crippen molar-refractivity contribution in [1.29, 1.82) is 0 Å². The van der Waals surface area contributed by atoms with Crippen LogP contribution in [0.25, 0.3) is 5.69 Å². The molecule has 0 aliphatic heterocycles. The molecule has 10 nitrogen and oxygen atoms in total. The molecule has 0 unspecified atom stereocenters. The summed E-state index contributed by atoms with van der Waals surface area (Å²) in [4.78, 5) is -0.0564. The molecule has 188 valence electrons. The van der Waals surface area contributed by atoms with Gasteiger partial charge in [0.15, 0.2) is 0 Å². The molecule has 0 fully saturated rings. The van der Waals surface area contributed by atoms with Crippen molar-refractivity contribution in [1.82, 2.24) is 24.9 Å². The summed E-state index contributed by atoms with van der Waals surface area (Å²) in [5.41, 5.74) is 1.98. The Hall–Kier alpha value is -3.96. The van der Waals surface area contributed by atoms with Crippen molar-refractivity contribution >= 4 is 10.0 Å². The molecular weight excluding hydrogens is 482 g/mol. The summed E-state index contributed by atoms with van der Waals surface area (Å²) in [6.45, 7) is 4.16. The van der Waals surface area contributed by atoms with Crippen LogP contribution in [-0.2, 0) is 10.0 Å². The van der Waals surface area contributed by atoms with Crippen molar-refractivity contribution in [2.45, 2.75) is 24.8 Å². The number of nitrogens with zero attached hydrogens (tertiary/aromatic N) is 4. The lowest BCUT2D eigenvalue weighted by atomic mass is 10.00. The molecule has 0 saturated carbocycles. The van der Waals surface area contributed by atoms with Crippen LogP contribution in [0.5, 0.6) is 17.2 Å². The number of aromatic nitrogens is 4. The lowest BCUT2D eigenvalue weighted by Crippen LogP contribution is -2.30. The normalized spacial score (nSPS) is 12.2. The Kier molecular flexibility index (Phi) is 7.81. The van der Waals surface area contributed by atoms with E-state index in [0.717, 1.165) is 11.1 Å². The molecule has 1 aromatic heterocycles. The van der Waals surface area contributed by atoms with Crippen LogP contribution in [0.2, 0.25) is 0 Å². The van der Waals surface area contributed by atoms with Gasteiger partial charge in [0.05, 0.1) is 26.4 Å². The third kappa shape index (κ3) is 5.47. The fourth-order valence-electron chi connectivity index (χ4n) is 3.72. The number of benzene rings is 3. The number of hydrogen-bond donors (Lipinski definition) is 1. The highest BCUT2D eigenvalue weighted by Gasteiger charge is 2.28. The molecule has 4 rings (SSSR count). The van der Waals surface area contributed by atoms with E-state index in [1.165, 1.54) is 17.1 Å². The second-order valence-corrected chi connectivity index (χ2v) is 9.31. The minimum absolute atomic E-state index is 0.0564. The van der Waals surface area contributed by atoms with Crippen LogP contribution in [0.3, 0.4) is 0 Å². The predicted octanol–water partition coefficient (Wildman–Crippen LogP) is 3.54. The summed E-state index contributed by atoms with van der Waals surface area (Å²) < 4.78 is 48.7. The van der Waals surface area contributed by atoms with Gasteiger partial charge in [0.2, 0.25) is 10.0 Å². The highest BCUT2D eigenvalue weighted by atomic mass is 32.2. The first-order valence-electron chi connectivity index (χ1n) is 11.3. The van der Waals surface area contributed by atoms with Gasteiger partial charge >= 0.3 is 0 Å². The van der Waals surface area contributed by atoms with Crippen LogP contribution in [0.1, 0.15) is 31.0 Å². The van der Waals surface area contributed by atoms with Gasteiger partial charge in [-0.15, -0.1) is 5.10 Å². The molecule has 0 aliphatic rings. The number of nitrogens with one attached hydrogen (secondary N) is 1. The highest BCUT2D eigenvalue weighted by Crippen LogP contribution is 2.36. The molecule has 1 N–H and O–H groups in total. The summed E-state index contributed by atoms with van der Waals surface area (Å²) in [5, 5.41) is 11.2. The fraction of sp³-hybridized carbons (Fsp3) is 0.240. The Morgan fingerprint density at radius 2 is 1.58 bits per heavy atom. The first kappa shape index (κ1) is 25.1. The predicted molar refractivity (Wildman–Crippen MR) is 133 cm³/mol. The average Bonchev–Trinajstić information content (AvgIpc) is 3.44. The van der Waals surface area contributed by atoms with E-state index in [1.54, 1.807) is 39.2 Å². The smallest absolute Gasteiger partial charge is 0.245 e. The average molecular weight is 510 g/mol. The summed E-state index contributed by atoms with van der Waals surface area (Å²) in [6, 6.07) is 18.9. The summed E-state index contributed by atoms with van der Waals surface area (Å²) in [6.07, 6.45) is 1.40. The second kappa shape index (κ2) is 11.2. The van der Waals surface area contributed by atoms with Crippen LogP contribution in [0.4, 0.5) is 0 Å². The monoisotopic (exact) mass is 509 g/mol. The minimum Gasteiger partial charge on any atom is -0.497 e. The first-order chi connectivity index (χ1) is 17.5. The van der Waals surface area contributed by atoms with Gasteiger partial charge in [-0.3, -0.25) is 0 Å². The number of hydrogen-bond acceptors (Lipinski definition) is 8. The number of rotatable bonds is 11. The summed E-state index contributed by atoms with van der Waals surface area (Å²) in [7, 11) is -2.52. The van der Waals surface area contributed by atoms with Gasteiger partial charge in [-0.1, -0.05) is 42.5 Å². The largest absolute Gasteiger partial charge is 0.497 e. The van der Waals surface area contributed by atoms with Crippen molar-refractivity contribution in [2.24, 2.45) is 0 Å². The van der Waals surface area contributed by atoms with Crippen LogP contribution >= 0.6 is 0 Å². The van der Waals surface area contributed by atoms with E-state index in [2.05, 4.69) is 20.2 Å². The van der Waals surface area contributed by atoms with Gasteiger partial charge in [0, 0.05) is 12.1 Å². The zero-order valence-electron chi connectivity index (χ0n) is 20.2. The topological polar surface area (TPSA) is 117 Å². The van der Waals surface area contributed by atoms with Gasteiger partial charge in [-0.25, -0.2) is 8.42 Å². The van der Waals surface area contributed by atoms with Crippen LogP contribution in [0, 0.1) is 0 Å². The Balaban J connectivity index is 1.81. The molecule has 11 heteroatoms. The zero-order chi connectivity index (χ0) is 25.5. The summed E-state index contributed by atoms with van der Waals surface area (Å²) >= 11 is 0. The van der Waals surface area contributed by atoms with Gasteiger partial charge in [-0.05, 0) is 47.5 Å². The van der Waals surface area contributed by atoms with Crippen molar-refractivity contribution in [3.05, 3.63) is 84.2 Å². The maximum atomic E-state index is 13.8. The molecule has 0 aliphatic carbocycles. The molecular formula is C25H27N5O5S. The Morgan fingerprint density at radius 1 is 0.917 bits per heavy atom. The molecule has 0 bridgehead atoms. The zero-order valence-corrected chi connectivity index (χ0v) is 21.0. The van der Waals surface area contributed by atoms with E-state index < -0.39 is 16.1 Å². The van der Waals surface area contributed by atoms with Crippen LogP contribution in [0.15, 0.2) is 78.0 Å². The molecule has 1 heterocycles. The standard InChI is InChI=1S/C25H27N5O5S/c1-4-34-22-16-24(23(35-5-2)15-21(22)30-17-26-28-29-30)36(31,32)27-25(18-9-7-6-8-10-18)19-11-13-20(33-3)14-12-19/h6-17,25,27H,4-5H2,1-3H3/t25-/m0/s1. The van der Waals surface area contributed by atoms with Crippen LogP contribution < -0.4 is 18.9 Å². The molecule has 36 heavy (non-hydrogen) atoms. The van der Waals surface area contributed by atoms with Gasteiger partial charge in [0.25, 0.3) is 0 Å². The van der Waals surface area contributed by atoms with Crippen molar-refractivity contribution in [3.8, 4) is 22.9 Å². The number of methoxy groups -OCH3 is 1. The number of tetrazole rings is 1. The van der Waals surface area contributed by atoms with E-state index >= 15 is 0 Å². The second-order valence-electron chi connectivity index (χ2n) is 7.63. The lowest BCUT2D eigenvalue weighted by Gasteiger charge is -2.22. The highest BCUT2D eigenvalue weighted by molar-refractivity contribution is 7.89. The molecule has 3 aromatic carbocycles. The van der Waals surface area contributed by atoms with Crippen molar-refractivity contribution < 1.29 is 22.6 Å². The summed E-state index contributed by atoms with van der Waals surface area (Å²) in [5.74, 6) is 1.13. The van der Waals surface area contributed by atoms with E-state index in [-0.39, 0.29) is 17.3 Å². The van der Waals surface area contributed by atoms with E-state index in [9.17, 15) is 8.42 Å². The molecule has 0 spiro atoms. The maximum absolute atomic E-state index is 13.8. The lowest BCUT2D eigenvalue weighted by molar-refractivity contribution is 0.321. The number of ether oxygens (including phenoxy) is 3. The molecule has 0 saturated heterocycles. The van der Waals surface area contributed by atoms with E-state index in [0.29, 0.717) is 23.8 Å². The maximum Gasteiger partial charge on any atom is 0.245 e. The quantitative estimate of drug-likeness (QED) is 0.326. The SMILES string of the molecule is CCOc1cc(S(=O)(=O)N[C@@H](c2ccccc2)c2ccc(OC)cc2)c(OCC)cc1-n1cnnn1. The van der Waals surface area contributed by atoms with Gasteiger partial charge < -0.3 is 14.2 Å². The van der Waals surface area contributed by atoms with Crippen molar-refractivity contribution in [2.75, 3.05) is 20.3 Å². The van der Waals surface area contributed by atoms with Gasteiger partial charge in [-0.2, -0.15) is 9.40 Å². The third-order valence-corrected chi connectivity index (χ3v) is 6.81. The Morgan fingerprint density at radius 3 is 2.19 bits per heavy atom.